The highest BCUT2D eigenvalue weighted by atomic mass is 35.5. The van der Waals surface area contributed by atoms with Gasteiger partial charge in [0.25, 0.3) is 5.91 Å². The van der Waals surface area contributed by atoms with Gasteiger partial charge in [-0.05, 0) is 30.7 Å². The molecule has 0 spiro atoms. The van der Waals surface area contributed by atoms with Gasteiger partial charge in [-0.25, -0.2) is 0 Å². The molecule has 0 saturated carbocycles. The van der Waals surface area contributed by atoms with E-state index >= 15 is 0 Å². The number of aryl methyl sites for hydroxylation is 1. The Kier molecular flexibility index (Phi) is 3.90. The van der Waals surface area contributed by atoms with E-state index < -0.39 is 0 Å². The minimum Gasteiger partial charge on any atom is -0.321 e. The lowest BCUT2D eigenvalue weighted by Gasteiger charge is -2.08. The molecular weight excluding hydrogens is 269 g/mol. The third-order valence-corrected chi connectivity index (χ3v) is 2.86. The van der Waals surface area contributed by atoms with Crippen molar-refractivity contribution in [3.8, 4) is 0 Å². The normalized spacial score (nSPS) is 10.2. The van der Waals surface area contributed by atoms with E-state index in [0.29, 0.717) is 21.3 Å². The second-order valence-corrected chi connectivity index (χ2v) is 4.71. The quantitative estimate of drug-likeness (QED) is 0.869. The summed E-state index contributed by atoms with van der Waals surface area (Å²) in [6, 6.07) is 13.2. The number of para-hydroxylation sites is 1. The van der Waals surface area contributed by atoms with Gasteiger partial charge >= 0.3 is 0 Å². The number of rotatable bonds is 2. The molecule has 0 fully saturated rings. The fourth-order valence-electron chi connectivity index (χ4n) is 1.53. The predicted molar refractivity (Wildman–Crippen MR) is 74.4 cm³/mol. The maximum atomic E-state index is 12.0. The summed E-state index contributed by atoms with van der Waals surface area (Å²) in [4.78, 5) is 12.0. The Morgan fingerprint density at radius 2 is 1.89 bits per heavy atom. The van der Waals surface area contributed by atoms with Crippen LogP contribution in [0.2, 0.25) is 10.0 Å². The van der Waals surface area contributed by atoms with Crippen molar-refractivity contribution in [1.82, 2.24) is 0 Å². The molecule has 1 radical (unpaired) electrons. The molecule has 18 heavy (non-hydrogen) atoms. The van der Waals surface area contributed by atoms with Crippen molar-refractivity contribution in [2.24, 2.45) is 0 Å². The summed E-state index contributed by atoms with van der Waals surface area (Å²) < 4.78 is 0. The van der Waals surface area contributed by atoms with Gasteiger partial charge in [-0.3, -0.25) is 4.79 Å². The molecule has 1 N–H and O–H groups in total. The molecule has 0 heterocycles. The highest BCUT2D eigenvalue weighted by Crippen LogP contribution is 2.20. The van der Waals surface area contributed by atoms with Gasteiger partial charge in [-0.15, -0.1) is 0 Å². The van der Waals surface area contributed by atoms with E-state index in [0.717, 1.165) is 5.56 Å². The third kappa shape index (κ3) is 3.03. The summed E-state index contributed by atoms with van der Waals surface area (Å²) in [6.45, 7) is 1.90. The zero-order valence-electron chi connectivity index (χ0n) is 9.63. The maximum Gasteiger partial charge on any atom is 0.255 e. The average molecular weight is 279 g/mol. The topological polar surface area (TPSA) is 29.1 Å². The first-order valence-electron chi connectivity index (χ1n) is 5.31. The Balaban J connectivity index is 2.25. The van der Waals surface area contributed by atoms with Crippen LogP contribution in [0.15, 0.2) is 36.4 Å². The van der Waals surface area contributed by atoms with Crippen LogP contribution in [0.4, 0.5) is 5.69 Å². The Bertz CT molecular complexity index is 576. The summed E-state index contributed by atoms with van der Waals surface area (Å²) in [5, 5.41) is 3.63. The van der Waals surface area contributed by atoms with Crippen molar-refractivity contribution in [2.45, 2.75) is 6.92 Å². The van der Waals surface area contributed by atoms with Crippen molar-refractivity contribution in [2.75, 3.05) is 5.32 Å². The molecule has 2 aromatic carbocycles. The summed E-state index contributed by atoms with van der Waals surface area (Å²) in [7, 11) is 0. The fraction of sp³-hybridized carbons (Fsp3) is 0.0714. The number of nitrogens with one attached hydrogen (secondary N) is 1. The van der Waals surface area contributed by atoms with Gasteiger partial charge in [-0.2, -0.15) is 0 Å². The highest BCUT2D eigenvalue weighted by molar-refractivity contribution is 6.35. The molecule has 1 amide bonds. The number of amides is 1. The van der Waals surface area contributed by atoms with Crippen molar-refractivity contribution in [3.05, 3.63) is 63.6 Å². The number of benzene rings is 2. The number of carbonyl (C=O) groups is 1. The van der Waals surface area contributed by atoms with Gasteiger partial charge in [0.15, 0.2) is 0 Å². The first kappa shape index (κ1) is 12.9. The standard InChI is InChI=1S/C14H10Cl2NO/c1-9-4-2-3-5-13(9)17-14(18)10-6-11(15)8-12(16)7-10/h2-4,6-8H,1H3,(H,17,18). The second kappa shape index (κ2) is 5.42. The van der Waals surface area contributed by atoms with Crippen molar-refractivity contribution in [3.63, 3.8) is 0 Å². The number of hydrogen-bond acceptors (Lipinski definition) is 1. The molecule has 0 bridgehead atoms. The summed E-state index contributed by atoms with van der Waals surface area (Å²) >= 11 is 11.7. The molecule has 0 aliphatic rings. The molecule has 0 atom stereocenters. The first-order chi connectivity index (χ1) is 8.56. The van der Waals surface area contributed by atoms with Crippen LogP contribution in [0.3, 0.4) is 0 Å². The Labute approximate surface area is 116 Å². The highest BCUT2D eigenvalue weighted by Gasteiger charge is 2.09. The smallest absolute Gasteiger partial charge is 0.255 e. The van der Waals surface area contributed by atoms with Crippen LogP contribution in [0.5, 0.6) is 0 Å². The number of halogens is 2. The molecule has 0 aliphatic heterocycles. The van der Waals surface area contributed by atoms with Crippen LogP contribution in [-0.2, 0) is 0 Å². The van der Waals surface area contributed by atoms with Gasteiger partial charge in [0, 0.05) is 21.7 Å². The van der Waals surface area contributed by atoms with E-state index in [1.807, 2.05) is 19.1 Å². The fourth-order valence-corrected chi connectivity index (χ4v) is 2.05. The maximum absolute atomic E-state index is 12.0. The van der Waals surface area contributed by atoms with Crippen molar-refractivity contribution < 1.29 is 4.79 Å². The van der Waals surface area contributed by atoms with E-state index in [-0.39, 0.29) is 5.91 Å². The summed E-state index contributed by atoms with van der Waals surface area (Å²) in [6.07, 6.45) is 0. The number of anilines is 1. The molecule has 2 nitrogen and oxygen atoms in total. The van der Waals surface area contributed by atoms with Crippen molar-refractivity contribution in [1.29, 1.82) is 0 Å². The van der Waals surface area contributed by atoms with E-state index in [1.165, 1.54) is 0 Å². The predicted octanol–water partition coefficient (Wildman–Crippen LogP) is 4.35. The zero-order chi connectivity index (χ0) is 13.1. The Morgan fingerprint density at radius 1 is 1.22 bits per heavy atom. The van der Waals surface area contributed by atoms with Crippen LogP contribution in [0.25, 0.3) is 0 Å². The van der Waals surface area contributed by atoms with Crippen LogP contribution in [0, 0.1) is 13.0 Å². The molecule has 2 rings (SSSR count). The Morgan fingerprint density at radius 3 is 2.50 bits per heavy atom. The molecule has 0 saturated heterocycles. The minimum atomic E-state index is -0.259. The van der Waals surface area contributed by atoms with Crippen LogP contribution >= 0.6 is 23.2 Å². The summed E-state index contributed by atoms with van der Waals surface area (Å²) in [5.74, 6) is -0.259. The SMILES string of the molecule is Cc1ccc[c]c1NC(=O)c1cc(Cl)cc(Cl)c1. The van der Waals surface area contributed by atoms with Crippen LogP contribution in [0.1, 0.15) is 15.9 Å². The lowest BCUT2D eigenvalue weighted by Crippen LogP contribution is -2.12. The van der Waals surface area contributed by atoms with Gasteiger partial charge in [0.05, 0.1) is 5.69 Å². The van der Waals surface area contributed by atoms with Gasteiger partial charge in [0.2, 0.25) is 0 Å². The van der Waals surface area contributed by atoms with Crippen LogP contribution in [-0.4, -0.2) is 5.91 Å². The minimum absolute atomic E-state index is 0.259. The molecule has 4 heteroatoms. The lowest BCUT2D eigenvalue weighted by atomic mass is 10.1. The monoisotopic (exact) mass is 278 g/mol. The van der Waals surface area contributed by atoms with E-state index in [1.54, 1.807) is 24.3 Å². The average Bonchev–Trinajstić information content (AvgIpc) is 2.31. The number of carbonyl (C=O) groups excluding carboxylic acids is 1. The van der Waals surface area contributed by atoms with E-state index in [9.17, 15) is 4.79 Å². The molecule has 2 aromatic rings. The van der Waals surface area contributed by atoms with Crippen molar-refractivity contribution >= 4 is 34.8 Å². The zero-order valence-corrected chi connectivity index (χ0v) is 11.1. The molecule has 91 valence electrons. The lowest BCUT2D eigenvalue weighted by molar-refractivity contribution is 0.102. The Hall–Kier alpha value is -1.51. The largest absolute Gasteiger partial charge is 0.321 e. The molecule has 0 aromatic heterocycles. The third-order valence-electron chi connectivity index (χ3n) is 2.43. The van der Waals surface area contributed by atoms with Gasteiger partial charge in [0.1, 0.15) is 0 Å². The second-order valence-electron chi connectivity index (χ2n) is 3.84. The van der Waals surface area contributed by atoms with E-state index in [2.05, 4.69) is 11.4 Å². The van der Waals surface area contributed by atoms with E-state index in [4.69, 9.17) is 23.2 Å². The van der Waals surface area contributed by atoms with Gasteiger partial charge < -0.3 is 5.32 Å². The molecule has 0 aliphatic carbocycles. The van der Waals surface area contributed by atoms with Gasteiger partial charge in [-0.1, -0.05) is 41.4 Å². The molecule has 0 unspecified atom stereocenters. The first-order valence-corrected chi connectivity index (χ1v) is 6.06. The summed E-state index contributed by atoms with van der Waals surface area (Å²) in [5.41, 5.74) is 2.02. The number of hydrogen-bond donors (Lipinski definition) is 1. The molecular formula is C14H10Cl2NO. The van der Waals surface area contributed by atoms with Crippen LogP contribution < -0.4 is 5.32 Å².